The predicted molar refractivity (Wildman–Crippen MR) is 87.1 cm³/mol. The van der Waals surface area contributed by atoms with E-state index in [-0.39, 0.29) is 4.84 Å². The summed E-state index contributed by atoms with van der Waals surface area (Å²) in [6, 6.07) is 7.16. The fourth-order valence-electron chi connectivity index (χ4n) is 2.26. The van der Waals surface area contributed by atoms with Crippen LogP contribution < -0.4 is 0 Å². The van der Waals surface area contributed by atoms with Crippen LogP contribution in [-0.2, 0) is 4.74 Å². The molecule has 0 aliphatic heterocycles. The summed E-state index contributed by atoms with van der Waals surface area (Å²) < 4.78 is 12.1. The van der Waals surface area contributed by atoms with E-state index < -0.39 is 6.09 Å². The van der Waals surface area contributed by atoms with Crippen molar-refractivity contribution < 1.29 is 13.9 Å². The molecular formula is C17H15NO3S. The van der Waals surface area contributed by atoms with Crippen LogP contribution in [0.3, 0.4) is 0 Å². The van der Waals surface area contributed by atoms with E-state index in [0.29, 0.717) is 22.8 Å². The van der Waals surface area contributed by atoms with Crippen LogP contribution >= 0.6 is 12.2 Å². The first-order valence-electron chi connectivity index (χ1n) is 7.08. The van der Waals surface area contributed by atoms with Gasteiger partial charge >= 0.3 is 6.09 Å². The normalized spacial score (nSPS) is 17.3. The molecule has 5 heteroatoms. The Kier molecular flexibility index (Phi) is 4.06. The molecule has 1 atom stereocenters. The average molecular weight is 313 g/mol. The van der Waals surface area contributed by atoms with Crippen molar-refractivity contribution in [3.63, 3.8) is 0 Å². The van der Waals surface area contributed by atoms with Gasteiger partial charge in [-0.1, -0.05) is 37.3 Å². The van der Waals surface area contributed by atoms with Crippen molar-refractivity contribution in [1.82, 2.24) is 4.57 Å². The molecule has 2 aromatic rings. The summed E-state index contributed by atoms with van der Waals surface area (Å²) in [5, 5.41) is 0. The van der Waals surface area contributed by atoms with Gasteiger partial charge in [-0.3, -0.25) is 0 Å². The Balaban J connectivity index is 1.89. The molecule has 1 aromatic heterocycles. The fourth-order valence-corrected chi connectivity index (χ4v) is 2.52. The first-order valence-corrected chi connectivity index (χ1v) is 7.49. The van der Waals surface area contributed by atoms with E-state index in [4.69, 9.17) is 21.4 Å². The molecule has 0 radical (unpaired) electrons. The minimum absolute atomic E-state index is 0.0754. The van der Waals surface area contributed by atoms with E-state index in [1.807, 2.05) is 24.3 Å². The summed E-state index contributed by atoms with van der Waals surface area (Å²) in [5.41, 5.74) is 1.15. The molecule has 1 heterocycles. The molecule has 22 heavy (non-hydrogen) atoms. The van der Waals surface area contributed by atoms with Crippen LogP contribution in [0.25, 0.3) is 11.1 Å². The second-order valence-electron chi connectivity index (χ2n) is 4.92. The maximum Gasteiger partial charge on any atom is 0.427 e. The van der Waals surface area contributed by atoms with Crippen molar-refractivity contribution in [2.75, 3.05) is 0 Å². The van der Waals surface area contributed by atoms with Crippen molar-refractivity contribution in [1.29, 1.82) is 0 Å². The largest absolute Gasteiger partial charge is 0.429 e. The zero-order valence-corrected chi connectivity index (χ0v) is 12.9. The molecule has 0 spiro atoms. The number of carbonyl (C=O) groups excluding carboxylic acids is 1. The fraction of sp³-hybridized carbons (Fsp3) is 0.176. The first-order chi connectivity index (χ1) is 10.7. The number of allylic oxidation sites excluding steroid dienone is 5. The van der Waals surface area contributed by atoms with Crippen LogP contribution in [0.1, 0.15) is 13.3 Å². The lowest BCUT2D eigenvalue weighted by Crippen LogP contribution is -2.12. The standard InChI is InChI=1S/C17H15NO3S/c1-2-12-6-5-7-13(11-10-12)20-16(19)18-14-8-3-4-9-15(14)21-17(18)22/h3-12H,2H2,1H3. The van der Waals surface area contributed by atoms with Gasteiger partial charge in [-0.15, -0.1) is 0 Å². The van der Waals surface area contributed by atoms with Crippen LogP contribution in [0.2, 0.25) is 0 Å². The highest BCUT2D eigenvalue weighted by atomic mass is 32.1. The number of ether oxygens (including phenoxy) is 1. The number of nitrogens with zero attached hydrogens (tertiary/aromatic N) is 1. The van der Waals surface area contributed by atoms with Crippen molar-refractivity contribution in [3.8, 4) is 0 Å². The molecule has 0 fully saturated rings. The Morgan fingerprint density at radius 3 is 3.00 bits per heavy atom. The van der Waals surface area contributed by atoms with Gasteiger partial charge in [0.05, 0.1) is 5.52 Å². The summed E-state index contributed by atoms with van der Waals surface area (Å²) in [7, 11) is 0. The highest BCUT2D eigenvalue weighted by Gasteiger charge is 2.16. The van der Waals surface area contributed by atoms with E-state index in [1.54, 1.807) is 24.3 Å². The number of oxazole rings is 1. The lowest BCUT2D eigenvalue weighted by Gasteiger charge is -2.05. The van der Waals surface area contributed by atoms with Crippen molar-refractivity contribution >= 4 is 29.4 Å². The van der Waals surface area contributed by atoms with E-state index in [1.165, 1.54) is 4.57 Å². The molecule has 1 aliphatic rings. The number of para-hydroxylation sites is 2. The minimum Gasteiger partial charge on any atom is -0.429 e. The van der Waals surface area contributed by atoms with Crippen LogP contribution in [0.4, 0.5) is 4.79 Å². The minimum atomic E-state index is -0.575. The van der Waals surface area contributed by atoms with Gasteiger partial charge in [-0.25, -0.2) is 9.36 Å². The van der Waals surface area contributed by atoms with Crippen LogP contribution in [-0.4, -0.2) is 10.7 Å². The maximum absolute atomic E-state index is 12.4. The zero-order valence-electron chi connectivity index (χ0n) is 12.1. The quantitative estimate of drug-likeness (QED) is 0.733. The third-order valence-corrected chi connectivity index (χ3v) is 3.74. The molecule has 112 valence electrons. The highest BCUT2D eigenvalue weighted by molar-refractivity contribution is 7.71. The van der Waals surface area contributed by atoms with Crippen molar-refractivity contribution in [2.24, 2.45) is 5.92 Å². The van der Waals surface area contributed by atoms with Gasteiger partial charge < -0.3 is 9.15 Å². The van der Waals surface area contributed by atoms with E-state index >= 15 is 0 Å². The van der Waals surface area contributed by atoms with E-state index in [2.05, 4.69) is 13.0 Å². The Hall–Kier alpha value is -2.40. The first kappa shape index (κ1) is 14.5. The zero-order chi connectivity index (χ0) is 15.5. The number of hydrogen-bond acceptors (Lipinski definition) is 4. The third-order valence-electron chi connectivity index (χ3n) is 3.47. The lowest BCUT2D eigenvalue weighted by molar-refractivity contribution is 0.180. The summed E-state index contributed by atoms with van der Waals surface area (Å²) in [5.74, 6) is 0.828. The Morgan fingerprint density at radius 2 is 2.18 bits per heavy atom. The second kappa shape index (κ2) is 6.15. The molecule has 0 saturated heterocycles. The molecule has 1 aliphatic carbocycles. The Labute approximate surface area is 133 Å². The molecule has 1 unspecified atom stereocenters. The average Bonchev–Trinajstić information content (AvgIpc) is 2.69. The van der Waals surface area contributed by atoms with Gasteiger partial charge in [0.2, 0.25) is 0 Å². The second-order valence-corrected chi connectivity index (χ2v) is 5.27. The molecule has 4 nitrogen and oxygen atoms in total. The van der Waals surface area contributed by atoms with Gasteiger partial charge in [0.1, 0.15) is 5.76 Å². The Bertz CT molecular complexity index is 854. The van der Waals surface area contributed by atoms with Gasteiger partial charge in [-0.2, -0.15) is 0 Å². The lowest BCUT2D eigenvalue weighted by atomic mass is 10.1. The van der Waals surface area contributed by atoms with Gasteiger partial charge in [0, 0.05) is 0 Å². The van der Waals surface area contributed by atoms with E-state index in [0.717, 1.165) is 6.42 Å². The summed E-state index contributed by atoms with van der Waals surface area (Å²) in [6.45, 7) is 2.10. The van der Waals surface area contributed by atoms with Crippen LogP contribution in [0.15, 0.2) is 64.8 Å². The number of fused-ring (bicyclic) bond motifs is 1. The molecule has 0 bridgehead atoms. The van der Waals surface area contributed by atoms with Crippen LogP contribution in [0.5, 0.6) is 0 Å². The molecule has 1 aromatic carbocycles. The molecule has 0 amide bonds. The monoisotopic (exact) mass is 313 g/mol. The molecule has 0 N–H and O–H groups in total. The maximum atomic E-state index is 12.4. The number of aromatic nitrogens is 1. The third kappa shape index (κ3) is 2.80. The van der Waals surface area contributed by atoms with Gasteiger partial charge in [0.15, 0.2) is 5.58 Å². The van der Waals surface area contributed by atoms with Gasteiger partial charge in [0.25, 0.3) is 4.84 Å². The van der Waals surface area contributed by atoms with E-state index in [9.17, 15) is 4.79 Å². The van der Waals surface area contributed by atoms with Crippen molar-refractivity contribution in [2.45, 2.75) is 13.3 Å². The molecule has 0 saturated carbocycles. The number of carbonyl (C=O) groups is 1. The SMILES string of the molecule is CCC1C=CC=C(OC(=O)n2c(=S)oc3ccccc32)C=C1. The predicted octanol–water partition coefficient (Wildman–Crippen LogP) is 4.98. The summed E-state index contributed by atoms with van der Waals surface area (Å²) in [4.78, 5) is 12.5. The summed E-state index contributed by atoms with van der Waals surface area (Å²) >= 11 is 5.11. The van der Waals surface area contributed by atoms with Crippen molar-refractivity contribution in [3.05, 3.63) is 65.2 Å². The number of hydrogen-bond donors (Lipinski definition) is 0. The van der Waals surface area contributed by atoms with Gasteiger partial charge in [-0.05, 0) is 48.8 Å². The number of benzene rings is 1. The Morgan fingerprint density at radius 1 is 1.36 bits per heavy atom. The summed E-state index contributed by atoms with van der Waals surface area (Å²) in [6.07, 6.45) is 9.96. The smallest absolute Gasteiger partial charge is 0.427 e. The number of rotatable bonds is 2. The topological polar surface area (TPSA) is 44.4 Å². The molecule has 3 rings (SSSR count). The molecular weight excluding hydrogens is 298 g/mol. The van der Waals surface area contributed by atoms with Crippen LogP contribution in [0, 0.1) is 10.8 Å². The highest BCUT2D eigenvalue weighted by Crippen LogP contribution is 2.19.